The first-order chi connectivity index (χ1) is 29.3. The van der Waals surface area contributed by atoms with Gasteiger partial charge in [0.1, 0.15) is 0 Å². The van der Waals surface area contributed by atoms with Crippen molar-refractivity contribution in [1.82, 2.24) is 0 Å². The molecule has 8 aliphatic rings. The maximum Gasteiger partial charge on any atom is 0.252 e. The maximum atomic E-state index is 2.74. The summed E-state index contributed by atoms with van der Waals surface area (Å²) in [4.78, 5) is 5.27. The van der Waals surface area contributed by atoms with E-state index in [2.05, 4.69) is 161 Å². The molecule has 2 nitrogen and oxygen atoms in total. The second-order valence-corrected chi connectivity index (χ2v) is 19.3. The lowest BCUT2D eigenvalue weighted by molar-refractivity contribution is 0.400. The Balaban J connectivity index is 1.09. The maximum absolute atomic E-state index is 2.74. The summed E-state index contributed by atoms with van der Waals surface area (Å²) in [5, 5.41) is 0. The molecule has 0 atom stereocenters. The minimum absolute atomic E-state index is 0.0812. The predicted octanol–water partition coefficient (Wildman–Crippen LogP) is 11.9. The lowest BCUT2D eigenvalue weighted by Crippen LogP contribution is -2.62. The Bertz CT molecular complexity index is 2930. The minimum atomic E-state index is 0.0812. The Morgan fingerprint density at radius 1 is 0.373 bits per heavy atom. The van der Waals surface area contributed by atoms with Crippen molar-refractivity contribution in [3.05, 3.63) is 174 Å². The molecule has 4 fully saturated rings. The van der Waals surface area contributed by atoms with Crippen molar-refractivity contribution in [2.45, 2.75) is 62.2 Å². The first kappa shape index (κ1) is 32.1. The van der Waals surface area contributed by atoms with Crippen molar-refractivity contribution in [2.75, 3.05) is 9.80 Å². The summed E-state index contributed by atoms with van der Waals surface area (Å²) in [6.45, 7) is 0.0812. The zero-order chi connectivity index (χ0) is 38.2. The average molecular weight is 757 g/mol. The first-order valence-corrected chi connectivity index (χ1v) is 22.7. The van der Waals surface area contributed by atoms with Crippen LogP contribution in [0.25, 0.3) is 22.3 Å². The first-order valence-electron chi connectivity index (χ1n) is 22.7. The van der Waals surface area contributed by atoms with Gasteiger partial charge in [-0.1, -0.05) is 103 Å². The number of fused-ring (bicyclic) bond motifs is 11. The van der Waals surface area contributed by atoms with E-state index < -0.39 is 0 Å². The van der Waals surface area contributed by atoms with E-state index in [4.69, 9.17) is 0 Å². The second kappa shape index (κ2) is 11.1. The third-order valence-electron chi connectivity index (χ3n) is 17.6. The summed E-state index contributed by atoms with van der Waals surface area (Å²) in [5.41, 5.74) is 24.9. The van der Waals surface area contributed by atoms with Crippen LogP contribution in [0.3, 0.4) is 0 Å². The molecule has 0 saturated heterocycles. The summed E-state index contributed by atoms with van der Waals surface area (Å²) in [6.07, 6.45) is 10.8. The van der Waals surface area contributed by atoms with Crippen molar-refractivity contribution in [2.24, 2.45) is 23.7 Å². The van der Waals surface area contributed by atoms with E-state index in [9.17, 15) is 0 Å². The minimum Gasteiger partial charge on any atom is -0.311 e. The van der Waals surface area contributed by atoms with Crippen LogP contribution in [-0.4, -0.2) is 6.71 Å². The zero-order valence-corrected chi connectivity index (χ0v) is 33.4. The predicted molar refractivity (Wildman–Crippen MR) is 244 cm³/mol. The van der Waals surface area contributed by atoms with Gasteiger partial charge in [-0.25, -0.2) is 0 Å². The second-order valence-electron chi connectivity index (χ2n) is 19.3. The molecule has 7 aromatic rings. The summed E-state index contributed by atoms with van der Waals surface area (Å²) in [6, 6.07) is 59.6. The van der Waals surface area contributed by atoms with Gasteiger partial charge in [0.05, 0.1) is 0 Å². The molecule has 6 aliphatic carbocycles. The molecule has 15 rings (SSSR count). The molecule has 282 valence electrons. The number of benzene rings is 7. The Labute approximate surface area is 347 Å². The van der Waals surface area contributed by atoms with E-state index >= 15 is 0 Å². The fourth-order valence-corrected chi connectivity index (χ4v) is 15.8. The Kier molecular flexibility index (Phi) is 6.02. The van der Waals surface area contributed by atoms with Gasteiger partial charge in [-0.2, -0.15) is 0 Å². The van der Waals surface area contributed by atoms with Gasteiger partial charge in [-0.05, 0) is 184 Å². The average Bonchev–Trinajstić information content (AvgIpc) is 4.15. The largest absolute Gasteiger partial charge is 0.311 e. The third kappa shape index (κ3) is 3.60. The van der Waals surface area contributed by atoms with Crippen molar-refractivity contribution in [3.63, 3.8) is 0 Å². The topological polar surface area (TPSA) is 6.48 Å². The van der Waals surface area contributed by atoms with Crippen LogP contribution in [0.2, 0.25) is 0 Å². The number of nitrogens with zero attached hydrogens (tertiary/aromatic N) is 2. The molecular weight excluding hydrogens is 711 g/mol. The zero-order valence-electron chi connectivity index (χ0n) is 33.4. The highest BCUT2D eigenvalue weighted by Gasteiger charge is 2.63. The van der Waals surface area contributed by atoms with Crippen LogP contribution < -0.4 is 26.2 Å². The number of anilines is 6. The molecule has 3 heteroatoms. The van der Waals surface area contributed by atoms with E-state index in [1.807, 2.05) is 0 Å². The Hall–Kier alpha value is -5.80. The summed E-state index contributed by atoms with van der Waals surface area (Å²) in [5.74, 6) is 2.87. The normalized spacial score (nSPS) is 27.5. The fourth-order valence-electron chi connectivity index (χ4n) is 15.8. The van der Waals surface area contributed by atoms with E-state index in [0.29, 0.717) is 11.8 Å². The van der Waals surface area contributed by atoms with Crippen LogP contribution >= 0.6 is 0 Å². The van der Waals surface area contributed by atoms with Crippen LogP contribution in [0.5, 0.6) is 0 Å². The van der Waals surface area contributed by atoms with Crippen LogP contribution in [0.15, 0.2) is 152 Å². The molecule has 2 heterocycles. The molecule has 0 unspecified atom stereocenters. The van der Waals surface area contributed by atoms with Gasteiger partial charge in [-0.15, -0.1) is 0 Å². The van der Waals surface area contributed by atoms with Gasteiger partial charge in [0.15, 0.2) is 0 Å². The molecular formula is C56H45BN2. The van der Waals surface area contributed by atoms with E-state index in [-0.39, 0.29) is 17.5 Å². The van der Waals surface area contributed by atoms with Gasteiger partial charge in [-0.3, -0.25) is 0 Å². The fraction of sp³-hybridized carbons (Fsp3) is 0.250. The summed E-state index contributed by atoms with van der Waals surface area (Å²) >= 11 is 0. The van der Waals surface area contributed by atoms with Crippen molar-refractivity contribution in [1.29, 1.82) is 0 Å². The SMILES string of the molecule is c1ccc(N2c3cc4c(cc3B3c5c2cccc5N(c2ccccc2)c2ccc5c(c23)-c2ccccc2C52C3CCC2CC3)-c2ccccc2C42C3CCC2CC3)cc1. The van der Waals surface area contributed by atoms with Gasteiger partial charge < -0.3 is 9.80 Å². The molecule has 0 radical (unpaired) electrons. The van der Waals surface area contributed by atoms with Crippen molar-refractivity contribution >= 4 is 57.2 Å². The van der Waals surface area contributed by atoms with Crippen LogP contribution in [0.1, 0.15) is 73.6 Å². The summed E-state index contributed by atoms with van der Waals surface area (Å²) in [7, 11) is 0. The lowest BCUT2D eigenvalue weighted by atomic mass is 9.32. The third-order valence-corrected chi connectivity index (χ3v) is 17.6. The van der Waals surface area contributed by atoms with Gasteiger partial charge in [0.25, 0.3) is 6.71 Å². The smallest absolute Gasteiger partial charge is 0.252 e. The highest BCUT2D eigenvalue weighted by molar-refractivity contribution is 7.01. The van der Waals surface area contributed by atoms with Gasteiger partial charge in [0.2, 0.25) is 0 Å². The van der Waals surface area contributed by atoms with Crippen molar-refractivity contribution < 1.29 is 0 Å². The highest BCUT2D eigenvalue weighted by atomic mass is 15.2. The van der Waals surface area contributed by atoms with Crippen LogP contribution in [-0.2, 0) is 10.8 Å². The quantitative estimate of drug-likeness (QED) is 0.162. The van der Waals surface area contributed by atoms with E-state index in [1.165, 1.54) is 124 Å². The lowest BCUT2D eigenvalue weighted by Gasteiger charge is -2.45. The summed E-state index contributed by atoms with van der Waals surface area (Å²) < 4.78 is 0. The van der Waals surface area contributed by atoms with Crippen molar-refractivity contribution in [3.8, 4) is 22.3 Å². The van der Waals surface area contributed by atoms with Crippen LogP contribution in [0.4, 0.5) is 34.1 Å². The highest BCUT2D eigenvalue weighted by Crippen LogP contribution is 2.70. The van der Waals surface area contributed by atoms with E-state index in [1.54, 1.807) is 22.3 Å². The standard InChI is InChI=1S/C56H45BN2/c1-3-12-38(13-4-1)58-48-20-11-21-49-53(48)57(54-50(58)31-30-45-52(54)41-17-8-10-19-44(41)55(45)34-22-23-35(55)25-24-34)47-32-42-40-16-7-9-18-43(40)56(36-26-27-37(56)29-28-36)46(42)33-51(47)59(49)39-14-5-2-6-15-39/h1-21,30-37H,22-29H2. The van der Waals surface area contributed by atoms with Gasteiger partial charge >= 0.3 is 0 Å². The molecule has 2 spiro atoms. The molecule has 4 saturated carbocycles. The Morgan fingerprint density at radius 2 is 0.864 bits per heavy atom. The molecule has 4 bridgehead atoms. The molecule has 2 aliphatic heterocycles. The van der Waals surface area contributed by atoms with Crippen LogP contribution in [0, 0.1) is 23.7 Å². The van der Waals surface area contributed by atoms with E-state index in [0.717, 1.165) is 11.8 Å². The Morgan fingerprint density at radius 3 is 1.47 bits per heavy atom. The molecule has 0 amide bonds. The molecule has 0 aromatic heterocycles. The number of hydrogen-bond donors (Lipinski definition) is 0. The monoisotopic (exact) mass is 756 g/mol. The molecule has 7 aromatic carbocycles. The molecule has 0 N–H and O–H groups in total. The number of rotatable bonds is 2. The van der Waals surface area contributed by atoms with Gasteiger partial charge in [0, 0.05) is 45.0 Å². The molecule has 59 heavy (non-hydrogen) atoms. The number of para-hydroxylation sites is 2. The number of hydrogen-bond acceptors (Lipinski definition) is 2.